The third-order valence-electron chi connectivity index (χ3n) is 2.71. The Bertz CT molecular complexity index is 302. The Morgan fingerprint density at radius 2 is 1.86 bits per heavy atom. The Balaban J connectivity index is 3.02. The van der Waals surface area contributed by atoms with Crippen molar-refractivity contribution in [2.75, 3.05) is 11.9 Å². The number of hydrogen-bond donors (Lipinski definition) is 0. The fourth-order valence-corrected chi connectivity index (χ4v) is 1.55. The van der Waals surface area contributed by atoms with E-state index in [4.69, 9.17) is 0 Å². The van der Waals surface area contributed by atoms with Gasteiger partial charge in [-0.15, -0.1) is 0 Å². The molecule has 0 atom stereocenters. The highest BCUT2D eigenvalue weighted by atomic mass is 15.1. The highest BCUT2D eigenvalue weighted by molar-refractivity contribution is 5.51. The molecule has 0 saturated heterocycles. The van der Waals surface area contributed by atoms with E-state index < -0.39 is 0 Å². The Kier molecular flexibility index (Phi) is 3.56. The SMILES string of the molecule is CCc1cc(C)cc(N(C)C(C)C)c1. The molecule has 0 amide bonds. The Hall–Kier alpha value is -0.980. The third-order valence-corrected chi connectivity index (χ3v) is 2.71. The predicted molar refractivity (Wildman–Crippen MR) is 64.1 cm³/mol. The molecule has 1 aromatic rings. The van der Waals surface area contributed by atoms with Gasteiger partial charge in [-0.1, -0.05) is 13.0 Å². The topological polar surface area (TPSA) is 3.24 Å². The zero-order valence-corrected chi connectivity index (χ0v) is 9.96. The summed E-state index contributed by atoms with van der Waals surface area (Å²) in [5.41, 5.74) is 4.11. The first-order chi connectivity index (χ1) is 6.54. The minimum atomic E-state index is 0.557. The van der Waals surface area contributed by atoms with Crippen LogP contribution in [0.2, 0.25) is 0 Å². The zero-order chi connectivity index (χ0) is 10.7. The number of anilines is 1. The molecule has 0 fully saturated rings. The van der Waals surface area contributed by atoms with E-state index in [1.165, 1.54) is 16.8 Å². The van der Waals surface area contributed by atoms with Crippen molar-refractivity contribution in [1.82, 2.24) is 0 Å². The van der Waals surface area contributed by atoms with E-state index in [1.807, 2.05) is 0 Å². The van der Waals surface area contributed by atoms with E-state index >= 15 is 0 Å². The molecule has 14 heavy (non-hydrogen) atoms. The molecule has 0 heterocycles. The van der Waals surface area contributed by atoms with E-state index in [2.05, 4.69) is 57.8 Å². The average Bonchev–Trinajstić information content (AvgIpc) is 2.15. The first kappa shape index (κ1) is 11.1. The second-order valence-corrected chi connectivity index (χ2v) is 4.24. The summed E-state index contributed by atoms with van der Waals surface area (Å²) in [6, 6.07) is 7.35. The van der Waals surface area contributed by atoms with Crippen molar-refractivity contribution < 1.29 is 0 Å². The fraction of sp³-hybridized carbons (Fsp3) is 0.538. The van der Waals surface area contributed by atoms with Gasteiger partial charge in [-0.2, -0.15) is 0 Å². The van der Waals surface area contributed by atoms with Crippen LogP contribution in [0.1, 0.15) is 31.9 Å². The molecule has 1 aromatic carbocycles. The van der Waals surface area contributed by atoms with Gasteiger partial charge >= 0.3 is 0 Å². The van der Waals surface area contributed by atoms with Crippen LogP contribution in [0.3, 0.4) is 0 Å². The smallest absolute Gasteiger partial charge is 0.0371 e. The molecule has 0 unspecified atom stereocenters. The lowest BCUT2D eigenvalue weighted by Gasteiger charge is -2.24. The van der Waals surface area contributed by atoms with Crippen LogP contribution in [0.15, 0.2) is 18.2 Å². The molecule has 0 radical (unpaired) electrons. The van der Waals surface area contributed by atoms with Crippen LogP contribution in [0.4, 0.5) is 5.69 Å². The van der Waals surface area contributed by atoms with E-state index in [0.29, 0.717) is 6.04 Å². The summed E-state index contributed by atoms with van der Waals surface area (Å²) in [5, 5.41) is 0. The molecule has 0 aliphatic rings. The third kappa shape index (κ3) is 2.50. The van der Waals surface area contributed by atoms with Crippen molar-refractivity contribution in [2.24, 2.45) is 0 Å². The van der Waals surface area contributed by atoms with Gasteiger partial charge in [-0.05, 0) is 50.5 Å². The molecule has 78 valence electrons. The molecule has 1 nitrogen and oxygen atoms in total. The largest absolute Gasteiger partial charge is 0.372 e. The highest BCUT2D eigenvalue weighted by Gasteiger charge is 2.05. The number of nitrogens with zero attached hydrogens (tertiary/aromatic N) is 1. The number of aryl methyl sites for hydroxylation is 2. The first-order valence-corrected chi connectivity index (χ1v) is 5.38. The maximum absolute atomic E-state index is 2.31. The highest BCUT2D eigenvalue weighted by Crippen LogP contribution is 2.19. The second-order valence-electron chi connectivity index (χ2n) is 4.24. The lowest BCUT2D eigenvalue weighted by Crippen LogP contribution is -2.25. The van der Waals surface area contributed by atoms with E-state index in [0.717, 1.165) is 6.42 Å². The summed E-state index contributed by atoms with van der Waals surface area (Å²) >= 11 is 0. The molecule has 0 N–H and O–H groups in total. The van der Waals surface area contributed by atoms with Gasteiger partial charge in [-0.25, -0.2) is 0 Å². The molecule has 0 bridgehead atoms. The molecule has 0 saturated carbocycles. The fourth-order valence-electron chi connectivity index (χ4n) is 1.55. The molecule has 0 aliphatic heterocycles. The second kappa shape index (κ2) is 4.50. The summed E-state index contributed by atoms with van der Waals surface area (Å²) < 4.78 is 0. The Morgan fingerprint density at radius 1 is 1.21 bits per heavy atom. The lowest BCUT2D eigenvalue weighted by atomic mass is 10.1. The summed E-state index contributed by atoms with van der Waals surface area (Å²) in [6.45, 7) is 8.80. The van der Waals surface area contributed by atoms with Gasteiger partial charge in [0.05, 0.1) is 0 Å². The van der Waals surface area contributed by atoms with Crippen molar-refractivity contribution in [1.29, 1.82) is 0 Å². The molecule has 1 heteroatoms. The van der Waals surface area contributed by atoms with E-state index in [9.17, 15) is 0 Å². The molecule has 1 rings (SSSR count). The lowest BCUT2D eigenvalue weighted by molar-refractivity contribution is 0.753. The van der Waals surface area contributed by atoms with Crippen molar-refractivity contribution in [2.45, 2.75) is 40.2 Å². The molecular formula is C13H21N. The summed E-state index contributed by atoms with van der Waals surface area (Å²) in [7, 11) is 2.15. The number of benzene rings is 1. The van der Waals surface area contributed by atoms with Crippen molar-refractivity contribution in [3.05, 3.63) is 29.3 Å². The molecule has 0 aliphatic carbocycles. The van der Waals surface area contributed by atoms with Crippen molar-refractivity contribution in [3.8, 4) is 0 Å². The monoisotopic (exact) mass is 191 g/mol. The average molecular weight is 191 g/mol. The maximum Gasteiger partial charge on any atom is 0.0371 e. The zero-order valence-electron chi connectivity index (χ0n) is 9.96. The van der Waals surface area contributed by atoms with Crippen LogP contribution in [0, 0.1) is 6.92 Å². The van der Waals surface area contributed by atoms with Gasteiger partial charge in [0.2, 0.25) is 0 Å². The van der Waals surface area contributed by atoms with Gasteiger partial charge < -0.3 is 4.90 Å². The summed E-state index contributed by atoms with van der Waals surface area (Å²) in [4.78, 5) is 2.31. The van der Waals surface area contributed by atoms with E-state index in [1.54, 1.807) is 0 Å². The first-order valence-electron chi connectivity index (χ1n) is 5.38. The summed E-state index contributed by atoms with van der Waals surface area (Å²) in [6.07, 6.45) is 1.11. The minimum absolute atomic E-state index is 0.557. The van der Waals surface area contributed by atoms with Crippen LogP contribution in [0.5, 0.6) is 0 Å². The van der Waals surface area contributed by atoms with Gasteiger partial charge in [0.1, 0.15) is 0 Å². The van der Waals surface area contributed by atoms with Crippen LogP contribution in [-0.4, -0.2) is 13.1 Å². The van der Waals surface area contributed by atoms with Crippen LogP contribution in [0.25, 0.3) is 0 Å². The van der Waals surface area contributed by atoms with Gasteiger partial charge in [-0.3, -0.25) is 0 Å². The normalized spacial score (nSPS) is 10.7. The molecular weight excluding hydrogens is 170 g/mol. The van der Waals surface area contributed by atoms with Crippen molar-refractivity contribution in [3.63, 3.8) is 0 Å². The molecule has 0 aromatic heterocycles. The Morgan fingerprint density at radius 3 is 2.36 bits per heavy atom. The van der Waals surface area contributed by atoms with Gasteiger partial charge in [0, 0.05) is 18.8 Å². The Labute approximate surface area is 87.7 Å². The van der Waals surface area contributed by atoms with Crippen molar-refractivity contribution >= 4 is 5.69 Å². The quantitative estimate of drug-likeness (QED) is 0.707. The predicted octanol–water partition coefficient (Wildman–Crippen LogP) is 3.40. The summed E-state index contributed by atoms with van der Waals surface area (Å²) in [5.74, 6) is 0. The number of hydrogen-bond acceptors (Lipinski definition) is 1. The van der Waals surface area contributed by atoms with Gasteiger partial charge in [0.25, 0.3) is 0 Å². The maximum atomic E-state index is 2.31. The van der Waals surface area contributed by atoms with E-state index in [-0.39, 0.29) is 0 Å². The standard InChI is InChI=1S/C13H21N/c1-6-12-7-11(4)8-13(9-12)14(5)10(2)3/h7-10H,6H2,1-5H3. The van der Waals surface area contributed by atoms with Gasteiger partial charge in [0.15, 0.2) is 0 Å². The number of rotatable bonds is 3. The molecule has 0 spiro atoms. The van der Waals surface area contributed by atoms with Crippen LogP contribution >= 0.6 is 0 Å². The van der Waals surface area contributed by atoms with Crippen LogP contribution < -0.4 is 4.90 Å². The van der Waals surface area contributed by atoms with Crippen LogP contribution in [-0.2, 0) is 6.42 Å². The minimum Gasteiger partial charge on any atom is -0.372 e.